The Morgan fingerprint density at radius 3 is 2.56 bits per heavy atom. The first-order valence-electron chi connectivity index (χ1n) is 5.64. The first-order chi connectivity index (χ1) is 7.69. The molecule has 1 aliphatic rings. The van der Waals surface area contributed by atoms with Crippen molar-refractivity contribution in [2.75, 3.05) is 12.4 Å². The number of hydrogen-bond donors (Lipinski definition) is 1. The molecule has 0 spiro atoms. The predicted octanol–water partition coefficient (Wildman–Crippen LogP) is 2.50. The normalized spacial score (nSPS) is 24.9. The first-order valence-corrected chi connectivity index (χ1v) is 6.17. The summed E-state index contributed by atoms with van der Waals surface area (Å²) in [4.78, 5) is 23.2. The summed E-state index contributed by atoms with van der Waals surface area (Å²) in [6, 6.07) is -0.244. The number of hydrogen-bond acceptors (Lipinski definition) is 3. The van der Waals surface area contributed by atoms with E-state index >= 15 is 0 Å². The van der Waals surface area contributed by atoms with Crippen LogP contribution in [0.4, 0.5) is 4.79 Å². The second-order valence-corrected chi connectivity index (χ2v) is 4.68. The minimum absolute atomic E-state index is 0.191. The molecule has 0 heterocycles. The summed E-state index contributed by atoms with van der Waals surface area (Å²) in [5, 5.41) is 2.41. The van der Waals surface area contributed by atoms with Crippen LogP contribution in [0.3, 0.4) is 0 Å². The van der Waals surface area contributed by atoms with E-state index in [2.05, 4.69) is 12.2 Å². The van der Waals surface area contributed by atoms with Crippen molar-refractivity contribution < 1.29 is 4.79 Å². The molecule has 0 aliphatic heterocycles. The lowest BCUT2D eigenvalue weighted by molar-refractivity contribution is 0.150. The van der Waals surface area contributed by atoms with Crippen molar-refractivity contribution in [2.24, 2.45) is 11.2 Å². The average molecular weight is 248 g/mol. The average Bonchev–Trinajstić information content (AvgIpc) is 2.28. The van der Waals surface area contributed by atoms with Gasteiger partial charge >= 0.3 is 6.03 Å². The van der Waals surface area contributed by atoms with Gasteiger partial charge in [0.15, 0.2) is 0 Å². The molecule has 2 amide bonds. The number of carbonyl (C=O) groups is 1. The molecule has 0 saturated heterocycles. The summed E-state index contributed by atoms with van der Waals surface area (Å²) >= 11 is 5.66. The number of carbonyl (C=O) groups excluding carboxylic acids is 1. The standard InChI is InChI=1S/C10H18ClN3O2/c1-8-2-4-9(5-3-8)14(7-6-11)10(15)12-13-16/h8-9H,2-7H2,1H3,(H,12,15,16). The minimum Gasteiger partial charge on any atom is -0.319 e. The summed E-state index contributed by atoms with van der Waals surface area (Å²) in [5.41, 5.74) is 1.94. The highest BCUT2D eigenvalue weighted by Gasteiger charge is 2.27. The minimum atomic E-state index is -0.435. The van der Waals surface area contributed by atoms with Gasteiger partial charge in [-0.2, -0.15) is 5.43 Å². The summed E-state index contributed by atoms with van der Waals surface area (Å²) in [5.74, 6) is 1.10. The van der Waals surface area contributed by atoms with Gasteiger partial charge in [0.2, 0.25) is 0 Å². The van der Waals surface area contributed by atoms with E-state index in [1.807, 2.05) is 5.43 Å². The van der Waals surface area contributed by atoms with Crippen molar-refractivity contribution in [1.82, 2.24) is 10.3 Å². The molecule has 0 radical (unpaired) electrons. The second-order valence-electron chi connectivity index (χ2n) is 4.30. The van der Waals surface area contributed by atoms with E-state index < -0.39 is 6.03 Å². The van der Waals surface area contributed by atoms with Gasteiger partial charge < -0.3 is 4.90 Å². The van der Waals surface area contributed by atoms with Crippen LogP contribution in [0.5, 0.6) is 0 Å². The maximum absolute atomic E-state index is 11.6. The van der Waals surface area contributed by atoms with Crippen LogP contribution in [0.25, 0.3) is 0 Å². The largest absolute Gasteiger partial charge is 0.340 e. The van der Waals surface area contributed by atoms with Crippen molar-refractivity contribution in [3.8, 4) is 0 Å². The number of nitroso groups, excluding NO2 is 1. The van der Waals surface area contributed by atoms with E-state index in [1.54, 1.807) is 4.90 Å². The van der Waals surface area contributed by atoms with Crippen molar-refractivity contribution in [3.63, 3.8) is 0 Å². The monoisotopic (exact) mass is 247 g/mol. The van der Waals surface area contributed by atoms with Crippen LogP contribution >= 0.6 is 11.6 Å². The lowest BCUT2D eigenvalue weighted by Gasteiger charge is -2.35. The van der Waals surface area contributed by atoms with E-state index in [-0.39, 0.29) is 6.04 Å². The van der Waals surface area contributed by atoms with Crippen LogP contribution in [0.2, 0.25) is 0 Å². The van der Waals surface area contributed by atoms with Gasteiger partial charge in [0, 0.05) is 18.5 Å². The molecule has 0 aromatic carbocycles. The highest BCUT2D eigenvalue weighted by molar-refractivity contribution is 6.18. The SMILES string of the molecule is CC1CCC(N(CCCl)C(=O)NN=O)CC1. The third-order valence-electron chi connectivity index (χ3n) is 3.15. The highest BCUT2D eigenvalue weighted by atomic mass is 35.5. The first kappa shape index (κ1) is 13.2. The third kappa shape index (κ3) is 3.63. The number of rotatable bonds is 4. The molecular formula is C10H18ClN3O2. The van der Waals surface area contributed by atoms with Gasteiger partial charge in [-0.1, -0.05) is 6.92 Å². The summed E-state index contributed by atoms with van der Waals surface area (Å²) in [6.45, 7) is 2.68. The topological polar surface area (TPSA) is 61.8 Å². The Morgan fingerprint density at radius 2 is 2.06 bits per heavy atom. The zero-order valence-corrected chi connectivity index (χ0v) is 10.2. The fourth-order valence-corrected chi connectivity index (χ4v) is 2.38. The number of nitrogens with one attached hydrogen (secondary N) is 1. The fraction of sp³-hybridized carbons (Fsp3) is 0.900. The van der Waals surface area contributed by atoms with Crippen LogP contribution in [0, 0.1) is 10.8 Å². The Bertz CT molecular complexity index is 242. The summed E-state index contributed by atoms with van der Waals surface area (Å²) in [7, 11) is 0. The molecule has 1 saturated carbocycles. The van der Waals surface area contributed by atoms with Gasteiger partial charge in [-0.25, -0.2) is 4.79 Å². The quantitative estimate of drug-likeness (QED) is 0.471. The smallest absolute Gasteiger partial charge is 0.319 e. The van der Waals surface area contributed by atoms with Crippen molar-refractivity contribution in [2.45, 2.75) is 38.6 Å². The van der Waals surface area contributed by atoms with Crippen LogP contribution < -0.4 is 5.43 Å². The fourth-order valence-electron chi connectivity index (χ4n) is 2.20. The number of nitrogens with zero attached hydrogens (tertiary/aromatic N) is 2. The lowest BCUT2D eigenvalue weighted by atomic mass is 9.87. The van der Waals surface area contributed by atoms with Gasteiger partial charge in [0.1, 0.15) is 0 Å². The molecule has 0 bridgehead atoms. The van der Waals surface area contributed by atoms with Gasteiger partial charge in [-0.3, -0.25) is 0 Å². The van der Waals surface area contributed by atoms with E-state index in [0.29, 0.717) is 12.4 Å². The lowest BCUT2D eigenvalue weighted by Crippen LogP contribution is -2.46. The molecule has 0 aromatic rings. The number of urea groups is 1. The molecule has 0 aromatic heterocycles. The van der Waals surface area contributed by atoms with Crippen LogP contribution in [-0.2, 0) is 0 Å². The third-order valence-corrected chi connectivity index (χ3v) is 3.32. The van der Waals surface area contributed by atoms with Crippen LogP contribution in [0.1, 0.15) is 32.6 Å². The molecule has 92 valence electrons. The van der Waals surface area contributed by atoms with Gasteiger partial charge in [-0.15, -0.1) is 16.5 Å². The van der Waals surface area contributed by atoms with Crippen LogP contribution in [-0.4, -0.2) is 29.4 Å². The van der Waals surface area contributed by atoms with Crippen molar-refractivity contribution in [1.29, 1.82) is 0 Å². The number of alkyl halides is 1. The number of halogens is 1. The van der Waals surface area contributed by atoms with Gasteiger partial charge in [0.05, 0.1) is 5.29 Å². The van der Waals surface area contributed by atoms with E-state index in [9.17, 15) is 9.70 Å². The van der Waals surface area contributed by atoms with Crippen molar-refractivity contribution in [3.05, 3.63) is 4.91 Å². The molecule has 0 atom stereocenters. The van der Waals surface area contributed by atoms with E-state index in [4.69, 9.17) is 11.6 Å². The van der Waals surface area contributed by atoms with Crippen LogP contribution in [0.15, 0.2) is 5.29 Å². The molecule has 5 nitrogen and oxygen atoms in total. The number of amides is 2. The second kappa shape index (κ2) is 6.68. The predicted molar refractivity (Wildman–Crippen MR) is 63.2 cm³/mol. The molecule has 1 rings (SSSR count). The van der Waals surface area contributed by atoms with Gasteiger partial charge in [-0.05, 0) is 31.6 Å². The zero-order chi connectivity index (χ0) is 12.0. The molecule has 0 unspecified atom stereocenters. The molecule has 6 heteroatoms. The Hall–Kier alpha value is -0.840. The van der Waals surface area contributed by atoms with Gasteiger partial charge in [0.25, 0.3) is 0 Å². The zero-order valence-electron chi connectivity index (χ0n) is 9.49. The maximum atomic E-state index is 11.6. The summed E-state index contributed by atoms with van der Waals surface area (Å²) < 4.78 is 0. The maximum Gasteiger partial charge on any atom is 0.340 e. The Morgan fingerprint density at radius 1 is 1.44 bits per heavy atom. The van der Waals surface area contributed by atoms with Crippen molar-refractivity contribution >= 4 is 17.6 Å². The molecule has 1 N–H and O–H groups in total. The Kier molecular flexibility index (Phi) is 5.52. The molecular weight excluding hydrogens is 230 g/mol. The van der Waals surface area contributed by atoms with E-state index in [0.717, 1.165) is 31.6 Å². The molecule has 16 heavy (non-hydrogen) atoms. The summed E-state index contributed by atoms with van der Waals surface area (Å²) in [6.07, 6.45) is 4.19. The highest BCUT2D eigenvalue weighted by Crippen LogP contribution is 2.27. The molecule has 1 aliphatic carbocycles. The Labute approximate surface area is 100 Å². The molecule has 1 fully saturated rings. The Balaban J connectivity index is 2.55. The van der Waals surface area contributed by atoms with E-state index in [1.165, 1.54) is 0 Å².